The van der Waals surface area contributed by atoms with Gasteiger partial charge in [0.05, 0.1) is 19.0 Å². The number of amides is 1. The van der Waals surface area contributed by atoms with E-state index in [1.807, 2.05) is 27.7 Å². The molecular weight excluding hydrogens is 220 g/mol. The molecule has 0 saturated carbocycles. The molecule has 1 heterocycles. The van der Waals surface area contributed by atoms with Crippen LogP contribution in [0.15, 0.2) is 12.3 Å². The van der Waals surface area contributed by atoms with Crippen molar-refractivity contribution >= 4 is 11.8 Å². The van der Waals surface area contributed by atoms with Gasteiger partial charge in [0, 0.05) is 5.69 Å². The van der Waals surface area contributed by atoms with E-state index in [4.69, 9.17) is 9.47 Å². The van der Waals surface area contributed by atoms with Gasteiger partial charge in [-0.05, 0) is 33.8 Å². The van der Waals surface area contributed by atoms with E-state index in [1.165, 1.54) is 7.11 Å². The zero-order valence-electron chi connectivity index (χ0n) is 10.8. The number of nitrogens with zero attached hydrogens (tertiary/aromatic N) is 1. The number of carbonyl (C=O) groups excluding carboxylic acids is 1. The van der Waals surface area contributed by atoms with Crippen LogP contribution in [0.1, 0.15) is 26.5 Å². The summed E-state index contributed by atoms with van der Waals surface area (Å²) in [6.07, 6.45) is 1.04. The van der Waals surface area contributed by atoms with Crippen LogP contribution in [0.5, 0.6) is 5.75 Å². The monoisotopic (exact) mass is 238 g/mol. The number of nitrogens with one attached hydrogen (secondary N) is 1. The second-order valence-corrected chi connectivity index (χ2v) is 4.65. The van der Waals surface area contributed by atoms with Gasteiger partial charge in [-0.25, -0.2) is 4.79 Å². The van der Waals surface area contributed by atoms with Crippen molar-refractivity contribution in [3.63, 3.8) is 0 Å². The highest BCUT2D eigenvalue weighted by molar-refractivity contribution is 5.86. The van der Waals surface area contributed by atoms with Crippen molar-refractivity contribution in [2.45, 2.75) is 33.3 Å². The van der Waals surface area contributed by atoms with Crippen molar-refractivity contribution in [3.05, 3.63) is 18.0 Å². The highest BCUT2D eigenvalue weighted by atomic mass is 16.6. The minimum atomic E-state index is -0.528. The average Bonchev–Trinajstić information content (AvgIpc) is 2.14. The van der Waals surface area contributed by atoms with E-state index in [1.54, 1.807) is 12.3 Å². The Kier molecular flexibility index (Phi) is 3.93. The second-order valence-electron chi connectivity index (χ2n) is 4.65. The molecular formula is C12H18N2O3. The molecule has 0 spiro atoms. The first-order valence-corrected chi connectivity index (χ1v) is 5.32. The van der Waals surface area contributed by atoms with E-state index < -0.39 is 11.7 Å². The zero-order chi connectivity index (χ0) is 13.1. The van der Waals surface area contributed by atoms with E-state index >= 15 is 0 Å². The lowest BCUT2D eigenvalue weighted by Gasteiger charge is -2.20. The smallest absolute Gasteiger partial charge is 0.412 e. The van der Waals surface area contributed by atoms with E-state index in [2.05, 4.69) is 10.3 Å². The summed E-state index contributed by atoms with van der Waals surface area (Å²) < 4.78 is 10.3. The molecule has 94 valence electrons. The first kappa shape index (κ1) is 13.3. The van der Waals surface area contributed by atoms with Gasteiger partial charge < -0.3 is 9.47 Å². The Morgan fingerprint density at radius 3 is 2.59 bits per heavy atom. The van der Waals surface area contributed by atoms with Crippen molar-refractivity contribution in [1.82, 2.24) is 4.98 Å². The lowest BCUT2D eigenvalue weighted by Crippen LogP contribution is -2.27. The Bertz CT molecular complexity index is 411. The first-order chi connectivity index (χ1) is 7.81. The topological polar surface area (TPSA) is 60.5 Å². The molecule has 0 fully saturated rings. The minimum Gasteiger partial charge on any atom is -0.493 e. The number of carbonyl (C=O) groups is 1. The summed E-state index contributed by atoms with van der Waals surface area (Å²) in [7, 11) is 1.52. The van der Waals surface area contributed by atoms with Crippen molar-refractivity contribution in [3.8, 4) is 5.75 Å². The lowest BCUT2D eigenvalue weighted by molar-refractivity contribution is 0.0635. The van der Waals surface area contributed by atoms with E-state index in [0.717, 1.165) is 5.69 Å². The Hall–Kier alpha value is -1.78. The number of hydrogen-bond donors (Lipinski definition) is 1. The third-order valence-corrected chi connectivity index (χ3v) is 1.86. The van der Waals surface area contributed by atoms with Gasteiger partial charge in [0.15, 0.2) is 5.75 Å². The van der Waals surface area contributed by atoms with Gasteiger partial charge in [0.2, 0.25) is 0 Å². The molecule has 1 amide bonds. The second kappa shape index (κ2) is 5.03. The quantitative estimate of drug-likeness (QED) is 0.860. The van der Waals surface area contributed by atoms with Crippen molar-refractivity contribution < 1.29 is 14.3 Å². The molecule has 0 unspecified atom stereocenters. The van der Waals surface area contributed by atoms with Gasteiger partial charge in [0.25, 0.3) is 0 Å². The summed E-state index contributed by atoms with van der Waals surface area (Å²) >= 11 is 0. The standard InChI is InChI=1S/C12H18N2O3/c1-8-6-9(10(16-5)7-13-8)14-11(15)17-12(2,3)4/h6-7H,1-5H3,(H,13,14,15). The number of methoxy groups -OCH3 is 1. The molecule has 1 rings (SSSR count). The third-order valence-electron chi connectivity index (χ3n) is 1.86. The molecule has 1 aromatic heterocycles. The third kappa shape index (κ3) is 4.30. The van der Waals surface area contributed by atoms with Crippen molar-refractivity contribution in [1.29, 1.82) is 0 Å². The Balaban J connectivity index is 2.80. The molecule has 0 aliphatic heterocycles. The molecule has 1 aromatic rings. The van der Waals surface area contributed by atoms with E-state index in [9.17, 15) is 4.79 Å². The Morgan fingerprint density at radius 1 is 1.41 bits per heavy atom. The zero-order valence-corrected chi connectivity index (χ0v) is 10.8. The van der Waals surface area contributed by atoms with Crippen LogP contribution in [-0.2, 0) is 4.74 Å². The molecule has 0 bridgehead atoms. The number of rotatable bonds is 2. The summed E-state index contributed by atoms with van der Waals surface area (Å²) in [4.78, 5) is 15.7. The van der Waals surface area contributed by atoms with Crippen molar-refractivity contribution in [2.24, 2.45) is 0 Å². The van der Waals surface area contributed by atoms with Gasteiger partial charge in [-0.3, -0.25) is 10.3 Å². The molecule has 5 nitrogen and oxygen atoms in total. The summed E-state index contributed by atoms with van der Waals surface area (Å²) in [5.41, 5.74) is 0.811. The van der Waals surface area contributed by atoms with E-state index in [-0.39, 0.29) is 0 Å². The summed E-state index contributed by atoms with van der Waals surface area (Å²) in [6.45, 7) is 7.25. The minimum absolute atomic E-state index is 0.501. The first-order valence-electron chi connectivity index (χ1n) is 5.32. The fourth-order valence-electron chi connectivity index (χ4n) is 1.22. The fourth-order valence-corrected chi connectivity index (χ4v) is 1.22. The maximum absolute atomic E-state index is 11.6. The van der Waals surface area contributed by atoms with Gasteiger partial charge in [-0.15, -0.1) is 0 Å². The summed E-state index contributed by atoms with van der Waals surface area (Å²) in [5.74, 6) is 0.501. The van der Waals surface area contributed by atoms with Gasteiger partial charge in [-0.2, -0.15) is 0 Å². The number of ether oxygens (including phenoxy) is 2. The molecule has 0 radical (unpaired) electrons. The number of anilines is 1. The van der Waals surface area contributed by atoms with Crippen LogP contribution in [0.25, 0.3) is 0 Å². The summed E-state index contributed by atoms with van der Waals surface area (Å²) in [5, 5.41) is 2.63. The Morgan fingerprint density at radius 2 is 2.06 bits per heavy atom. The normalized spacial score (nSPS) is 10.9. The SMILES string of the molecule is COc1cnc(C)cc1NC(=O)OC(C)(C)C. The van der Waals surface area contributed by atoms with Crippen LogP contribution in [0.2, 0.25) is 0 Å². The van der Waals surface area contributed by atoms with Crippen LogP contribution in [0.3, 0.4) is 0 Å². The molecule has 0 saturated heterocycles. The maximum Gasteiger partial charge on any atom is 0.412 e. The molecule has 17 heavy (non-hydrogen) atoms. The molecule has 0 aromatic carbocycles. The van der Waals surface area contributed by atoms with Crippen molar-refractivity contribution in [2.75, 3.05) is 12.4 Å². The van der Waals surface area contributed by atoms with E-state index in [0.29, 0.717) is 11.4 Å². The largest absolute Gasteiger partial charge is 0.493 e. The van der Waals surface area contributed by atoms with Gasteiger partial charge in [0.1, 0.15) is 5.60 Å². The maximum atomic E-state index is 11.6. The lowest BCUT2D eigenvalue weighted by atomic mass is 10.2. The van der Waals surface area contributed by atoms with Crippen LogP contribution in [0, 0.1) is 6.92 Å². The van der Waals surface area contributed by atoms with Crippen LogP contribution < -0.4 is 10.1 Å². The molecule has 0 aliphatic carbocycles. The molecule has 1 N–H and O–H groups in total. The number of hydrogen-bond acceptors (Lipinski definition) is 4. The summed E-state index contributed by atoms with van der Waals surface area (Å²) in [6, 6.07) is 1.72. The molecule has 0 atom stereocenters. The molecule has 5 heteroatoms. The molecule has 0 aliphatic rings. The highest BCUT2D eigenvalue weighted by Crippen LogP contribution is 2.24. The highest BCUT2D eigenvalue weighted by Gasteiger charge is 2.17. The average molecular weight is 238 g/mol. The fraction of sp³-hybridized carbons (Fsp3) is 0.500. The van der Waals surface area contributed by atoms with Crippen LogP contribution in [-0.4, -0.2) is 23.8 Å². The van der Waals surface area contributed by atoms with Crippen LogP contribution in [0.4, 0.5) is 10.5 Å². The number of pyridine rings is 1. The van der Waals surface area contributed by atoms with Gasteiger partial charge in [-0.1, -0.05) is 0 Å². The predicted octanol–water partition coefficient (Wildman–Crippen LogP) is 2.75. The number of aromatic nitrogens is 1. The van der Waals surface area contributed by atoms with Crippen LogP contribution >= 0.6 is 0 Å². The predicted molar refractivity (Wildman–Crippen MR) is 65.4 cm³/mol. The Labute approximate surface area is 101 Å². The van der Waals surface area contributed by atoms with Gasteiger partial charge >= 0.3 is 6.09 Å². The number of aryl methyl sites for hydroxylation is 1.